The van der Waals surface area contributed by atoms with Crippen LogP contribution in [0.15, 0.2) is 24.4 Å². The van der Waals surface area contributed by atoms with E-state index in [1.54, 1.807) is 0 Å². The van der Waals surface area contributed by atoms with Gasteiger partial charge in [-0.05, 0) is 43.4 Å². The maximum atomic E-state index is 6.36. The maximum Gasteiger partial charge on any atom is 0.0501 e. The molecule has 2 aliphatic rings. The Balaban J connectivity index is 2.01. The summed E-state index contributed by atoms with van der Waals surface area (Å²) in [5.74, 6) is 0. The third-order valence-electron chi connectivity index (χ3n) is 4.06. The first kappa shape index (κ1) is 9.98. The van der Waals surface area contributed by atoms with E-state index in [2.05, 4.69) is 22.9 Å². The Kier molecular flexibility index (Phi) is 1.80. The van der Waals surface area contributed by atoms with Crippen LogP contribution < -0.4 is 5.73 Å². The number of benzene rings is 1. The lowest BCUT2D eigenvalue weighted by molar-refractivity contribution is 0.721. The predicted octanol–water partition coefficient (Wildman–Crippen LogP) is 3.58. The lowest BCUT2D eigenvalue weighted by Gasteiger charge is -2.06. The molecule has 0 aliphatic heterocycles. The summed E-state index contributed by atoms with van der Waals surface area (Å²) in [6.07, 6.45) is 7.06. The minimum atomic E-state index is -0.0633. The standard InChI is InChI=1S/C14H15ClN2/c15-9-1-4-11-12(14(16)5-6-14)8-17(10-2-3-10)13(11)7-9/h1,4,7-8,10H,2-3,5-6,16H2. The molecule has 2 N–H and O–H groups in total. The molecule has 0 unspecified atom stereocenters. The van der Waals surface area contributed by atoms with E-state index in [9.17, 15) is 0 Å². The van der Waals surface area contributed by atoms with Crippen molar-refractivity contribution in [1.29, 1.82) is 0 Å². The van der Waals surface area contributed by atoms with E-state index in [1.165, 1.54) is 29.3 Å². The van der Waals surface area contributed by atoms with Crippen LogP contribution >= 0.6 is 11.6 Å². The monoisotopic (exact) mass is 246 g/mol. The van der Waals surface area contributed by atoms with E-state index in [0.717, 1.165) is 17.9 Å². The Bertz CT molecular complexity index is 606. The van der Waals surface area contributed by atoms with Crippen LogP contribution in [0.3, 0.4) is 0 Å². The normalized spacial score (nSPS) is 22.0. The Labute approximate surface area is 105 Å². The summed E-state index contributed by atoms with van der Waals surface area (Å²) in [5.41, 5.74) is 8.87. The maximum absolute atomic E-state index is 6.36. The smallest absolute Gasteiger partial charge is 0.0501 e. The fourth-order valence-electron chi connectivity index (χ4n) is 2.68. The van der Waals surface area contributed by atoms with Gasteiger partial charge in [0, 0.05) is 28.2 Å². The van der Waals surface area contributed by atoms with E-state index in [4.69, 9.17) is 17.3 Å². The van der Waals surface area contributed by atoms with E-state index >= 15 is 0 Å². The van der Waals surface area contributed by atoms with Gasteiger partial charge in [0.2, 0.25) is 0 Å². The van der Waals surface area contributed by atoms with Crippen LogP contribution in [0.2, 0.25) is 5.02 Å². The van der Waals surface area contributed by atoms with Gasteiger partial charge in [0.1, 0.15) is 0 Å². The summed E-state index contributed by atoms with van der Waals surface area (Å²) in [6.45, 7) is 0. The second kappa shape index (κ2) is 3.06. The molecule has 2 nitrogen and oxygen atoms in total. The third kappa shape index (κ3) is 1.44. The van der Waals surface area contributed by atoms with Crippen molar-refractivity contribution in [2.45, 2.75) is 37.3 Å². The molecule has 0 saturated heterocycles. The van der Waals surface area contributed by atoms with Gasteiger partial charge < -0.3 is 10.3 Å². The fourth-order valence-corrected chi connectivity index (χ4v) is 2.85. The zero-order valence-corrected chi connectivity index (χ0v) is 10.4. The Morgan fingerprint density at radius 2 is 2.06 bits per heavy atom. The van der Waals surface area contributed by atoms with Gasteiger partial charge >= 0.3 is 0 Å². The molecular formula is C14H15ClN2. The second-order valence-electron chi connectivity index (χ2n) is 5.50. The molecule has 0 bridgehead atoms. The van der Waals surface area contributed by atoms with E-state index in [0.29, 0.717) is 6.04 Å². The van der Waals surface area contributed by atoms with Crippen molar-refractivity contribution in [3.63, 3.8) is 0 Å². The lowest BCUT2D eigenvalue weighted by Crippen LogP contribution is -2.18. The van der Waals surface area contributed by atoms with Gasteiger partial charge in [-0.2, -0.15) is 0 Å². The molecule has 4 rings (SSSR count). The molecule has 2 aliphatic carbocycles. The summed E-state index contributed by atoms with van der Waals surface area (Å²) in [4.78, 5) is 0. The highest BCUT2D eigenvalue weighted by Crippen LogP contribution is 2.48. The number of rotatable bonds is 2. The number of halogens is 1. The minimum Gasteiger partial charge on any atom is -0.344 e. The van der Waals surface area contributed by atoms with Crippen molar-refractivity contribution in [1.82, 2.24) is 4.57 Å². The molecule has 0 radical (unpaired) electrons. The first-order valence-electron chi connectivity index (χ1n) is 6.27. The van der Waals surface area contributed by atoms with Crippen LogP contribution in [0.1, 0.15) is 37.3 Å². The third-order valence-corrected chi connectivity index (χ3v) is 4.30. The van der Waals surface area contributed by atoms with Crippen LogP contribution in [0.4, 0.5) is 0 Å². The largest absolute Gasteiger partial charge is 0.344 e. The molecule has 1 aromatic carbocycles. The van der Waals surface area contributed by atoms with Crippen LogP contribution in [0.25, 0.3) is 10.9 Å². The zero-order chi connectivity index (χ0) is 11.6. The van der Waals surface area contributed by atoms with E-state index < -0.39 is 0 Å². The Hall–Kier alpha value is -0.990. The summed E-state index contributed by atoms with van der Waals surface area (Å²) < 4.78 is 2.38. The molecule has 2 aromatic rings. The fraction of sp³-hybridized carbons (Fsp3) is 0.429. The summed E-state index contributed by atoms with van der Waals surface area (Å²) in [5, 5.41) is 2.10. The first-order valence-corrected chi connectivity index (χ1v) is 6.65. The molecule has 0 atom stereocenters. The van der Waals surface area contributed by atoms with Crippen molar-refractivity contribution < 1.29 is 0 Å². The van der Waals surface area contributed by atoms with Gasteiger partial charge in [-0.25, -0.2) is 0 Å². The van der Waals surface area contributed by atoms with Gasteiger partial charge in [0.25, 0.3) is 0 Å². The minimum absolute atomic E-state index is 0.0633. The predicted molar refractivity (Wildman–Crippen MR) is 70.3 cm³/mol. The molecule has 2 saturated carbocycles. The molecule has 3 heteroatoms. The average molecular weight is 247 g/mol. The number of hydrogen-bond acceptors (Lipinski definition) is 1. The van der Waals surface area contributed by atoms with Crippen LogP contribution in [0, 0.1) is 0 Å². The Morgan fingerprint density at radius 1 is 1.29 bits per heavy atom. The van der Waals surface area contributed by atoms with Gasteiger partial charge in [-0.3, -0.25) is 0 Å². The molecule has 17 heavy (non-hydrogen) atoms. The van der Waals surface area contributed by atoms with Gasteiger partial charge in [0.05, 0.1) is 5.52 Å². The number of hydrogen-bond donors (Lipinski definition) is 1. The van der Waals surface area contributed by atoms with Crippen LogP contribution in [-0.4, -0.2) is 4.57 Å². The quantitative estimate of drug-likeness (QED) is 0.863. The van der Waals surface area contributed by atoms with Crippen molar-refractivity contribution in [3.8, 4) is 0 Å². The van der Waals surface area contributed by atoms with E-state index in [-0.39, 0.29) is 5.54 Å². The highest BCUT2D eigenvalue weighted by molar-refractivity contribution is 6.31. The van der Waals surface area contributed by atoms with Gasteiger partial charge in [0.15, 0.2) is 0 Å². The van der Waals surface area contributed by atoms with Crippen molar-refractivity contribution in [2.24, 2.45) is 5.73 Å². The molecule has 1 aromatic heterocycles. The van der Waals surface area contributed by atoms with Crippen molar-refractivity contribution in [3.05, 3.63) is 35.0 Å². The first-order chi connectivity index (χ1) is 8.17. The summed E-state index contributed by atoms with van der Waals surface area (Å²) in [7, 11) is 0. The molecule has 88 valence electrons. The SMILES string of the molecule is NC1(c2cn(C3CC3)c3cc(Cl)ccc23)CC1. The zero-order valence-electron chi connectivity index (χ0n) is 9.62. The highest BCUT2D eigenvalue weighted by atomic mass is 35.5. The van der Waals surface area contributed by atoms with Crippen LogP contribution in [-0.2, 0) is 5.54 Å². The number of nitrogens with two attached hydrogens (primary N) is 1. The average Bonchev–Trinajstić information content (AvgIpc) is 3.21. The number of fused-ring (bicyclic) bond motifs is 1. The topological polar surface area (TPSA) is 30.9 Å². The van der Waals surface area contributed by atoms with Crippen molar-refractivity contribution in [2.75, 3.05) is 0 Å². The second-order valence-corrected chi connectivity index (χ2v) is 5.94. The van der Waals surface area contributed by atoms with Crippen LogP contribution in [0.5, 0.6) is 0 Å². The van der Waals surface area contributed by atoms with Gasteiger partial charge in [-0.1, -0.05) is 17.7 Å². The highest BCUT2D eigenvalue weighted by Gasteiger charge is 2.42. The number of nitrogens with zero attached hydrogens (tertiary/aromatic N) is 1. The molecule has 0 amide bonds. The number of aromatic nitrogens is 1. The lowest BCUT2D eigenvalue weighted by atomic mass is 10.1. The Morgan fingerprint density at radius 3 is 2.71 bits per heavy atom. The van der Waals surface area contributed by atoms with Crippen molar-refractivity contribution >= 4 is 22.5 Å². The molecular weight excluding hydrogens is 232 g/mol. The molecule has 2 fully saturated rings. The molecule has 1 heterocycles. The van der Waals surface area contributed by atoms with Gasteiger partial charge in [-0.15, -0.1) is 0 Å². The summed E-state index contributed by atoms with van der Waals surface area (Å²) in [6, 6.07) is 6.84. The van der Waals surface area contributed by atoms with E-state index in [1.807, 2.05) is 6.07 Å². The summed E-state index contributed by atoms with van der Waals surface area (Å²) >= 11 is 6.11. The molecule has 0 spiro atoms.